The molecule has 1 amide bonds. The molecule has 0 fully saturated rings. The molecule has 11 heteroatoms. The molecule has 0 saturated carbocycles. The minimum atomic E-state index is -3.42. The number of halogens is 1. The molecule has 0 saturated heterocycles. The van der Waals surface area contributed by atoms with E-state index in [1.807, 2.05) is 0 Å². The summed E-state index contributed by atoms with van der Waals surface area (Å²) < 4.78 is 45.1. The molecule has 0 radical (unpaired) electrons. The lowest BCUT2D eigenvalue weighted by molar-refractivity contribution is 0.0995. The van der Waals surface area contributed by atoms with Crippen LogP contribution in [-0.4, -0.2) is 25.6 Å². The summed E-state index contributed by atoms with van der Waals surface area (Å²) in [6, 6.07) is 15.0. The third-order valence-corrected chi connectivity index (χ3v) is 6.89. The van der Waals surface area contributed by atoms with Crippen molar-refractivity contribution in [3.05, 3.63) is 77.5 Å². The van der Waals surface area contributed by atoms with Gasteiger partial charge in [-0.3, -0.25) is 9.52 Å². The van der Waals surface area contributed by atoms with Gasteiger partial charge >= 0.3 is 0 Å². The van der Waals surface area contributed by atoms with E-state index in [2.05, 4.69) is 15.0 Å². The molecule has 2 N–H and O–H groups in total. The van der Waals surface area contributed by atoms with E-state index in [1.54, 1.807) is 48.5 Å². The summed E-state index contributed by atoms with van der Waals surface area (Å²) >= 11 is 2.66. The Kier molecular flexibility index (Phi) is 6.49. The number of hydrogen-bond acceptors (Lipinski definition) is 7. The average molecular weight is 492 g/mol. The number of carbonyl (C=O) groups is 1. The largest absolute Gasteiger partial charge is 0.455 e. The minimum absolute atomic E-state index is 0.162. The van der Waals surface area contributed by atoms with E-state index in [1.165, 1.54) is 29.2 Å². The molecule has 0 bridgehead atoms. The second kappa shape index (κ2) is 9.31. The maximum absolute atomic E-state index is 13.7. The van der Waals surface area contributed by atoms with Crippen molar-refractivity contribution in [2.45, 2.75) is 11.5 Å². The highest BCUT2D eigenvalue weighted by Gasteiger charge is 2.14. The summed E-state index contributed by atoms with van der Waals surface area (Å²) in [5.41, 5.74) is 1.77. The lowest BCUT2D eigenvalue weighted by Gasteiger charge is -2.03. The van der Waals surface area contributed by atoms with Crippen LogP contribution >= 0.6 is 23.1 Å². The molecule has 2 aromatic heterocycles. The van der Waals surface area contributed by atoms with E-state index >= 15 is 0 Å². The number of amides is 1. The van der Waals surface area contributed by atoms with Gasteiger partial charge in [-0.15, -0.1) is 11.8 Å². The maximum Gasteiger partial charge on any atom is 0.291 e. The van der Waals surface area contributed by atoms with Gasteiger partial charge in [0.2, 0.25) is 10.0 Å². The molecule has 0 aliphatic carbocycles. The van der Waals surface area contributed by atoms with Crippen LogP contribution in [0.4, 0.5) is 15.2 Å². The second-order valence-corrected chi connectivity index (χ2v) is 10.6. The number of nitrogens with zero attached hydrogens (tertiary/aromatic N) is 1. The van der Waals surface area contributed by atoms with Gasteiger partial charge in [0.1, 0.15) is 11.6 Å². The summed E-state index contributed by atoms with van der Waals surface area (Å²) in [6.45, 7) is 0. The molecule has 4 rings (SSSR count). The maximum atomic E-state index is 13.7. The number of benzene rings is 2. The molecule has 32 heavy (non-hydrogen) atoms. The highest BCUT2D eigenvalue weighted by atomic mass is 32.2. The Bertz CT molecular complexity index is 1380. The quantitative estimate of drug-likeness (QED) is 0.356. The Balaban J connectivity index is 1.37. The molecular formula is C21H18FN3O4S3. The van der Waals surface area contributed by atoms with Crippen molar-refractivity contribution in [3.63, 3.8) is 0 Å². The van der Waals surface area contributed by atoms with Gasteiger partial charge in [-0.05, 0) is 42.0 Å². The Morgan fingerprint density at radius 2 is 1.97 bits per heavy atom. The first-order chi connectivity index (χ1) is 15.3. The fourth-order valence-electron chi connectivity index (χ4n) is 2.85. The lowest BCUT2D eigenvalue weighted by atomic mass is 10.2. The molecular weight excluding hydrogens is 473 g/mol. The van der Waals surface area contributed by atoms with Gasteiger partial charge in [0, 0.05) is 11.4 Å². The smallest absolute Gasteiger partial charge is 0.291 e. The highest BCUT2D eigenvalue weighted by molar-refractivity contribution is 7.97. The molecule has 0 unspecified atom stereocenters. The molecule has 7 nitrogen and oxygen atoms in total. The van der Waals surface area contributed by atoms with Crippen molar-refractivity contribution in [2.24, 2.45) is 0 Å². The van der Waals surface area contributed by atoms with Crippen LogP contribution in [0, 0.1) is 5.82 Å². The van der Waals surface area contributed by atoms with Crippen LogP contribution in [0.1, 0.15) is 21.9 Å². The number of carbonyl (C=O) groups excluding carboxylic acids is 1. The van der Waals surface area contributed by atoms with Gasteiger partial charge in [-0.25, -0.2) is 17.8 Å². The Hall–Kier alpha value is -2.89. The van der Waals surface area contributed by atoms with Crippen LogP contribution in [-0.2, 0) is 21.5 Å². The number of aromatic nitrogens is 1. The topological polar surface area (TPSA) is 101 Å². The molecule has 2 heterocycles. The number of furan rings is 1. The average Bonchev–Trinajstić information content (AvgIpc) is 3.34. The summed E-state index contributed by atoms with van der Waals surface area (Å²) in [4.78, 5) is 16.7. The molecule has 166 valence electrons. The normalized spacial score (nSPS) is 11.6. The zero-order valence-electron chi connectivity index (χ0n) is 16.8. The summed E-state index contributed by atoms with van der Waals surface area (Å²) in [6.07, 6.45) is 1.06. The zero-order valence-corrected chi connectivity index (χ0v) is 19.2. The third kappa shape index (κ3) is 5.67. The monoisotopic (exact) mass is 491 g/mol. The van der Waals surface area contributed by atoms with Crippen molar-refractivity contribution in [3.8, 4) is 0 Å². The number of nitrogens with one attached hydrogen (secondary N) is 2. The number of sulfonamides is 1. The van der Waals surface area contributed by atoms with Gasteiger partial charge in [-0.2, -0.15) is 0 Å². The minimum Gasteiger partial charge on any atom is -0.455 e. The standard InChI is InChI=1S/C21H18FN3O4S3/c1-32(27,28)25-21-24-17-8-6-14(10-19(17)31-21)23-20(26)18-9-7-15(29-18)12-30-11-13-4-2-3-5-16(13)22/h2-10H,11-12H2,1H3,(H,23,26)(H,24,25). The molecule has 0 atom stereocenters. The molecule has 2 aromatic carbocycles. The van der Waals surface area contributed by atoms with Gasteiger partial charge < -0.3 is 9.73 Å². The highest BCUT2D eigenvalue weighted by Crippen LogP contribution is 2.29. The predicted molar refractivity (Wildman–Crippen MR) is 126 cm³/mol. The summed E-state index contributed by atoms with van der Waals surface area (Å²) in [5, 5.41) is 3.02. The molecule has 4 aromatic rings. The zero-order chi connectivity index (χ0) is 22.7. The Morgan fingerprint density at radius 1 is 1.16 bits per heavy atom. The van der Waals surface area contributed by atoms with Crippen molar-refractivity contribution in [2.75, 3.05) is 16.3 Å². The first-order valence-corrected chi connectivity index (χ1v) is 13.2. The van der Waals surface area contributed by atoms with E-state index < -0.39 is 15.9 Å². The Labute approximate surface area is 192 Å². The van der Waals surface area contributed by atoms with Crippen LogP contribution < -0.4 is 10.0 Å². The van der Waals surface area contributed by atoms with Crippen molar-refractivity contribution >= 4 is 60.1 Å². The van der Waals surface area contributed by atoms with Crippen molar-refractivity contribution < 1.29 is 22.0 Å². The SMILES string of the molecule is CS(=O)(=O)Nc1nc2ccc(NC(=O)c3ccc(CSCc4ccccc4F)o3)cc2s1. The first kappa shape index (κ1) is 22.3. The fourth-order valence-corrected chi connectivity index (χ4v) is 5.50. The van der Waals surface area contributed by atoms with E-state index in [9.17, 15) is 17.6 Å². The third-order valence-electron chi connectivity index (χ3n) is 4.26. The number of hydrogen-bond donors (Lipinski definition) is 2. The van der Waals surface area contributed by atoms with Gasteiger partial charge in [-0.1, -0.05) is 29.5 Å². The van der Waals surface area contributed by atoms with Crippen LogP contribution in [0.3, 0.4) is 0 Å². The van der Waals surface area contributed by atoms with Gasteiger partial charge in [0.05, 0.1) is 22.2 Å². The molecule has 0 spiro atoms. The van der Waals surface area contributed by atoms with E-state index in [-0.39, 0.29) is 16.7 Å². The first-order valence-electron chi connectivity index (χ1n) is 9.36. The number of thioether (sulfide) groups is 1. The predicted octanol–water partition coefficient (Wildman–Crippen LogP) is 5.09. The number of fused-ring (bicyclic) bond motifs is 1. The van der Waals surface area contributed by atoms with Gasteiger partial charge in [0.25, 0.3) is 5.91 Å². The summed E-state index contributed by atoms with van der Waals surface area (Å²) in [7, 11) is -3.42. The van der Waals surface area contributed by atoms with Crippen LogP contribution in [0.2, 0.25) is 0 Å². The van der Waals surface area contributed by atoms with E-state index in [0.29, 0.717) is 34.0 Å². The van der Waals surface area contributed by atoms with Crippen LogP contribution in [0.25, 0.3) is 10.2 Å². The van der Waals surface area contributed by atoms with Crippen LogP contribution in [0.15, 0.2) is 59.0 Å². The van der Waals surface area contributed by atoms with E-state index in [4.69, 9.17) is 4.42 Å². The second-order valence-electron chi connectivity index (χ2n) is 6.88. The molecule has 0 aliphatic heterocycles. The number of anilines is 2. The van der Waals surface area contributed by atoms with Crippen molar-refractivity contribution in [1.29, 1.82) is 0 Å². The Morgan fingerprint density at radius 3 is 2.75 bits per heavy atom. The summed E-state index contributed by atoms with van der Waals surface area (Å²) in [5.74, 6) is 1.14. The fraction of sp³-hybridized carbons (Fsp3) is 0.143. The van der Waals surface area contributed by atoms with Gasteiger partial charge in [0.15, 0.2) is 10.9 Å². The van der Waals surface area contributed by atoms with Crippen molar-refractivity contribution in [1.82, 2.24) is 4.98 Å². The number of rotatable bonds is 8. The van der Waals surface area contributed by atoms with Crippen LogP contribution in [0.5, 0.6) is 0 Å². The van der Waals surface area contributed by atoms with E-state index in [0.717, 1.165) is 11.0 Å². The molecule has 0 aliphatic rings. The number of thiazole rings is 1. The lowest BCUT2D eigenvalue weighted by Crippen LogP contribution is -2.10.